The van der Waals surface area contributed by atoms with Gasteiger partial charge in [0.15, 0.2) is 23.2 Å². The maximum Gasteiger partial charge on any atom is 0.195 e. The molecule has 0 aliphatic carbocycles. The van der Waals surface area contributed by atoms with E-state index in [-0.39, 0.29) is 11.3 Å². The lowest BCUT2D eigenvalue weighted by atomic mass is 10.1. The molecule has 1 aromatic rings. The SMILES string of the molecule is CC(C)CSCC(=O)c1ccc(F)c(F)c1F. The first-order valence-electron chi connectivity index (χ1n) is 5.18. The number of halogens is 3. The average molecular weight is 262 g/mol. The van der Waals surface area contributed by atoms with Crippen molar-refractivity contribution in [1.82, 2.24) is 0 Å². The molecule has 0 N–H and O–H groups in total. The van der Waals surface area contributed by atoms with Gasteiger partial charge in [-0.15, -0.1) is 0 Å². The lowest BCUT2D eigenvalue weighted by Gasteiger charge is -2.05. The maximum absolute atomic E-state index is 13.3. The summed E-state index contributed by atoms with van der Waals surface area (Å²) in [5.74, 6) is -3.55. The molecule has 0 atom stereocenters. The van der Waals surface area contributed by atoms with E-state index in [0.29, 0.717) is 5.92 Å². The fourth-order valence-corrected chi connectivity index (χ4v) is 2.14. The molecule has 0 aliphatic rings. The van der Waals surface area contributed by atoms with Crippen molar-refractivity contribution in [1.29, 1.82) is 0 Å². The lowest BCUT2D eigenvalue weighted by Crippen LogP contribution is -2.09. The fraction of sp³-hybridized carbons (Fsp3) is 0.417. The molecule has 1 aromatic carbocycles. The molecular weight excluding hydrogens is 249 g/mol. The molecule has 1 rings (SSSR count). The molecule has 0 spiro atoms. The minimum absolute atomic E-state index is 0.0696. The zero-order chi connectivity index (χ0) is 13.0. The van der Waals surface area contributed by atoms with Crippen molar-refractivity contribution < 1.29 is 18.0 Å². The zero-order valence-electron chi connectivity index (χ0n) is 9.60. The number of ketones is 1. The van der Waals surface area contributed by atoms with Crippen LogP contribution in [0.15, 0.2) is 12.1 Å². The van der Waals surface area contributed by atoms with Crippen LogP contribution < -0.4 is 0 Å². The van der Waals surface area contributed by atoms with Gasteiger partial charge in [-0.3, -0.25) is 4.79 Å². The van der Waals surface area contributed by atoms with Gasteiger partial charge >= 0.3 is 0 Å². The van der Waals surface area contributed by atoms with Crippen molar-refractivity contribution in [2.75, 3.05) is 11.5 Å². The molecule has 0 bridgehead atoms. The Morgan fingerprint density at radius 1 is 1.24 bits per heavy atom. The summed E-state index contributed by atoms with van der Waals surface area (Å²) in [4.78, 5) is 11.6. The van der Waals surface area contributed by atoms with Gasteiger partial charge < -0.3 is 0 Å². The topological polar surface area (TPSA) is 17.1 Å². The van der Waals surface area contributed by atoms with Gasteiger partial charge in [0.2, 0.25) is 0 Å². The number of thioether (sulfide) groups is 1. The predicted molar refractivity (Wildman–Crippen MR) is 62.8 cm³/mol. The van der Waals surface area contributed by atoms with Gasteiger partial charge in [0.1, 0.15) is 0 Å². The molecule has 0 aromatic heterocycles. The third kappa shape index (κ3) is 3.77. The molecule has 0 unspecified atom stereocenters. The number of hydrogen-bond donors (Lipinski definition) is 0. The highest BCUT2D eigenvalue weighted by Crippen LogP contribution is 2.18. The van der Waals surface area contributed by atoms with Gasteiger partial charge in [-0.1, -0.05) is 13.8 Å². The van der Waals surface area contributed by atoms with Gasteiger partial charge in [-0.05, 0) is 23.8 Å². The third-order valence-corrected chi connectivity index (χ3v) is 3.39. The van der Waals surface area contributed by atoms with Crippen LogP contribution in [0.5, 0.6) is 0 Å². The van der Waals surface area contributed by atoms with Crippen LogP contribution in [-0.4, -0.2) is 17.3 Å². The quantitative estimate of drug-likeness (QED) is 0.595. The van der Waals surface area contributed by atoms with E-state index in [0.717, 1.165) is 17.9 Å². The largest absolute Gasteiger partial charge is 0.293 e. The van der Waals surface area contributed by atoms with E-state index in [2.05, 4.69) is 0 Å². The number of carbonyl (C=O) groups excluding carboxylic acids is 1. The highest BCUT2D eigenvalue weighted by molar-refractivity contribution is 7.99. The Morgan fingerprint density at radius 3 is 2.47 bits per heavy atom. The normalized spacial score (nSPS) is 10.9. The highest BCUT2D eigenvalue weighted by atomic mass is 32.2. The van der Waals surface area contributed by atoms with Crippen molar-refractivity contribution in [3.63, 3.8) is 0 Å². The van der Waals surface area contributed by atoms with Crippen LogP contribution in [0.4, 0.5) is 13.2 Å². The summed E-state index contributed by atoms with van der Waals surface area (Å²) in [5, 5.41) is 0. The molecule has 5 heteroatoms. The molecule has 0 heterocycles. The molecular formula is C12H13F3OS. The minimum Gasteiger partial charge on any atom is -0.293 e. The third-order valence-electron chi connectivity index (χ3n) is 2.02. The van der Waals surface area contributed by atoms with Gasteiger partial charge in [0.05, 0.1) is 11.3 Å². The van der Waals surface area contributed by atoms with E-state index in [1.807, 2.05) is 13.8 Å². The molecule has 0 radical (unpaired) electrons. The monoisotopic (exact) mass is 262 g/mol. The van der Waals surface area contributed by atoms with E-state index in [4.69, 9.17) is 0 Å². The van der Waals surface area contributed by atoms with Crippen molar-refractivity contribution in [3.05, 3.63) is 35.1 Å². The van der Waals surface area contributed by atoms with Gasteiger partial charge in [-0.2, -0.15) is 11.8 Å². The van der Waals surface area contributed by atoms with E-state index in [1.54, 1.807) is 0 Å². The molecule has 0 amide bonds. The van der Waals surface area contributed by atoms with Crippen molar-refractivity contribution in [2.24, 2.45) is 5.92 Å². The highest BCUT2D eigenvalue weighted by Gasteiger charge is 2.18. The maximum atomic E-state index is 13.3. The number of carbonyl (C=O) groups is 1. The number of Topliss-reactive ketones (excluding diaryl/α,β-unsaturated/α-hetero) is 1. The van der Waals surface area contributed by atoms with Crippen molar-refractivity contribution in [3.8, 4) is 0 Å². The number of benzene rings is 1. The average Bonchev–Trinajstić information content (AvgIpc) is 2.25. The lowest BCUT2D eigenvalue weighted by molar-refractivity contribution is 0.101. The van der Waals surface area contributed by atoms with Gasteiger partial charge in [-0.25, -0.2) is 13.2 Å². The summed E-state index contributed by atoms with van der Waals surface area (Å²) in [7, 11) is 0. The molecule has 94 valence electrons. The first kappa shape index (κ1) is 14.1. The zero-order valence-corrected chi connectivity index (χ0v) is 10.4. The minimum atomic E-state index is -1.59. The molecule has 0 aliphatic heterocycles. The summed E-state index contributed by atoms with van der Waals surface area (Å²) in [6.45, 7) is 3.99. The summed E-state index contributed by atoms with van der Waals surface area (Å²) >= 11 is 1.35. The predicted octanol–water partition coefficient (Wildman–Crippen LogP) is 3.68. The standard InChI is InChI=1S/C12H13F3OS/c1-7(2)5-17-6-10(16)8-3-4-9(13)12(15)11(8)14/h3-4,7H,5-6H2,1-2H3. The van der Waals surface area contributed by atoms with E-state index in [9.17, 15) is 18.0 Å². The first-order chi connectivity index (χ1) is 7.93. The van der Waals surface area contributed by atoms with E-state index < -0.39 is 23.2 Å². The summed E-state index contributed by atoms with van der Waals surface area (Å²) in [6, 6.07) is 1.74. The van der Waals surface area contributed by atoms with E-state index >= 15 is 0 Å². The van der Waals surface area contributed by atoms with Crippen LogP contribution in [0, 0.1) is 23.4 Å². The van der Waals surface area contributed by atoms with Crippen LogP contribution in [0.1, 0.15) is 24.2 Å². The van der Waals surface area contributed by atoms with Gasteiger partial charge in [0, 0.05) is 0 Å². The summed E-state index contributed by atoms with van der Waals surface area (Å²) in [6.07, 6.45) is 0. The Morgan fingerprint density at radius 2 is 1.88 bits per heavy atom. The first-order valence-corrected chi connectivity index (χ1v) is 6.33. The Hall–Kier alpha value is -0.970. The Balaban J connectivity index is 2.73. The molecule has 0 fully saturated rings. The van der Waals surface area contributed by atoms with Crippen LogP contribution in [0.3, 0.4) is 0 Å². The summed E-state index contributed by atoms with van der Waals surface area (Å²) < 4.78 is 38.8. The van der Waals surface area contributed by atoms with Gasteiger partial charge in [0.25, 0.3) is 0 Å². The van der Waals surface area contributed by atoms with Crippen molar-refractivity contribution >= 4 is 17.5 Å². The second kappa shape index (κ2) is 6.10. The second-order valence-electron chi connectivity index (χ2n) is 4.06. The smallest absolute Gasteiger partial charge is 0.195 e. The molecule has 0 saturated carbocycles. The Kier molecular flexibility index (Phi) is 5.05. The summed E-state index contributed by atoms with van der Waals surface area (Å²) in [5.41, 5.74) is -0.389. The molecule has 1 nitrogen and oxygen atoms in total. The van der Waals surface area contributed by atoms with Crippen LogP contribution in [-0.2, 0) is 0 Å². The second-order valence-corrected chi connectivity index (χ2v) is 5.09. The molecule has 17 heavy (non-hydrogen) atoms. The van der Waals surface area contributed by atoms with Crippen LogP contribution in [0.25, 0.3) is 0 Å². The van der Waals surface area contributed by atoms with Crippen LogP contribution >= 0.6 is 11.8 Å². The van der Waals surface area contributed by atoms with Crippen LogP contribution in [0.2, 0.25) is 0 Å². The number of rotatable bonds is 5. The Bertz CT molecular complexity index is 418. The Labute approximate surface area is 102 Å². The number of hydrogen-bond acceptors (Lipinski definition) is 2. The van der Waals surface area contributed by atoms with E-state index in [1.165, 1.54) is 11.8 Å². The fourth-order valence-electron chi connectivity index (χ4n) is 1.21. The molecule has 0 saturated heterocycles. The van der Waals surface area contributed by atoms with Crippen molar-refractivity contribution in [2.45, 2.75) is 13.8 Å².